The van der Waals surface area contributed by atoms with E-state index in [1.807, 2.05) is 50.2 Å². The molecule has 1 fully saturated rings. The number of hydrogen-bond donors (Lipinski definition) is 3. The molecule has 0 aliphatic carbocycles. The van der Waals surface area contributed by atoms with Crippen LogP contribution in [-0.4, -0.2) is 62.7 Å². The highest BCUT2D eigenvalue weighted by Gasteiger charge is 2.29. The van der Waals surface area contributed by atoms with E-state index in [0.717, 1.165) is 60.5 Å². The summed E-state index contributed by atoms with van der Waals surface area (Å²) in [6, 6.07) is 11.7. The SMILES string of the molecule is CCC(=O)Nc1ccc(Sc2nc(Nc3cc(C)n[nH]3)cc(N3CCN(C(C)(C)CC)CC3)n2)cc1. The van der Waals surface area contributed by atoms with Gasteiger partial charge in [-0.05, 0) is 63.2 Å². The van der Waals surface area contributed by atoms with Crippen LogP contribution in [0.5, 0.6) is 0 Å². The number of benzene rings is 1. The van der Waals surface area contributed by atoms with Crippen molar-refractivity contribution in [1.29, 1.82) is 0 Å². The van der Waals surface area contributed by atoms with Crippen molar-refractivity contribution in [3.63, 3.8) is 0 Å². The van der Waals surface area contributed by atoms with E-state index >= 15 is 0 Å². The van der Waals surface area contributed by atoms with Crippen molar-refractivity contribution in [2.24, 2.45) is 0 Å². The molecule has 0 radical (unpaired) electrons. The van der Waals surface area contributed by atoms with Crippen molar-refractivity contribution in [1.82, 2.24) is 25.1 Å². The lowest BCUT2D eigenvalue weighted by Gasteiger charge is -2.44. The maximum atomic E-state index is 11.7. The first-order valence-corrected chi connectivity index (χ1v) is 13.3. The van der Waals surface area contributed by atoms with E-state index in [-0.39, 0.29) is 11.4 Å². The summed E-state index contributed by atoms with van der Waals surface area (Å²) in [5.74, 6) is 2.42. The molecule has 192 valence electrons. The zero-order valence-corrected chi connectivity index (χ0v) is 22.6. The Kier molecular flexibility index (Phi) is 8.15. The van der Waals surface area contributed by atoms with Crippen LogP contribution in [0, 0.1) is 6.92 Å². The Bertz CT molecular complexity index is 1170. The van der Waals surface area contributed by atoms with Crippen LogP contribution in [-0.2, 0) is 4.79 Å². The number of hydrogen-bond acceptors (Lipinski definition) is 8. The number of rotatable bonds is 9. The van der Waals surface area contributed by atoms with E-state index in [2.05, 4.69) is 51.4 Å². The normalized spacial score (nSPS) is 14.6. The zero-order chi connectivity index (χ0) is 25.7. The highest BCUT2D eigenvalue weighted by Crippen LogP contribution is 2.31. The summed E-state index contributed by atoms with van der Waals surface area (Å²) in [5, 5.41) is 14.1. The van der Waals surface area contributed by atoms with Gasteiger partial charge in [-0.15, -0.1) is 0 Å². The minimum absolute atomic E-state index is 0.00128. The average molecular weight is 509 g/mol. The monoisotopic (exact) mass is 508 g/mol. The van der Waals surface area contributed by atoms with Gasteiger partial charge in [-0.2, -0.15) is 5.10 Å². The topological polar surface area (TPSA) is 102 Å². The number of aromatic nitrogens is 4. The molecule has 4 rings (SSSR count). The van der Waals surface area contributed by atoms with Gasteiger partial charge in [0.25, 0.3) is 0 Å². The van der Waals surface area contributed by atoms with Crippen molar-refractivity contribution in [3.05, 3.63) is 42.1 Å². The number of nitrogens with zero attached hydrogens (tertiary/aromatic N) is 5. The van der Waals surface area contributed by atoms with Crippen LogP contribution in [0.25, 0.3) is 0 Å². The molecule has 1 aliphatic rings. The molecular formula is C26H36N8OS. The van der Waals surface area contributed by atoms with E-state index < -0.39 is 0 Å². The van der Waals surface area contributed by atoms with Gasteiger partial charge >= 0.3 is 0 Å². The second kappa shape index (κ2) is 11.3. The molecule has 0 bridgehead atoms. The summed E-state index contributed by atoms with van der Waals surface area (Å²) >= 11 is 1.50. The Balaban J connectivity index is 1.54. The van der Waals surface area contributed by atoms with E-state index in [1.165, 1.54) is 11.8 Å². The molecule has 1 amide bonds. The number of H-pyrrole nitrogens is 1. The van der Waals surface area contributed by atoms with Gasteiger partial charge in [0.15, 0.2) is 5.16 Å². The predicted octanol–water partition coefficient (Wildman–Crippen LogP) is 5.06. The van der Waals surface area contributed by atoms with Crippen molar-refractivity contribution in [3.8, 4) is 0 Å². The molecule has 0 unspecified atom stereocenters. The van der Waals surface area contributed by atoms with Gasteiger partial charge in [-0.1, -0.05) is 13.8 Å². The number of amides is 1. The highest BCUT2D eigenvalue weighted by molar-refractivity contribution is 7.99. The fraction of sp³-hybridized carbons (Fsp3) is 0.462. The van der Waals surface area contributed by atoms with Crippen molar-refractivity contribution >= 4 is 40.8 Å². The molecule has 0 atom stereocenters. The first kappa shape index (κ1) is 26.0. The second-order valence-corrected chi connectivity index (χ2v) is 10.7. The lowest BCUT2D eigenvalue weighted by molar-refractivity contribution is -0.115. The Morgan fingerprint density at radius 1 is 1.08 bits per heavy atom. The first-order valence-electron chi connectivity index (χ1n) is 12.5. The Morgan fingerprint density at radius 3 is 2.42 bits per heavy atom. The predicted molar refractivity (Wildman–Crippen MR) is 146 cm³/mol. The summed E-state index contributed by atoms with van der Waals surface area (Å²) in [6.45, 7) is 14.5. The molecule has 0 spiro atoms. The third-order valence-electron chi connectivity index (χ3n) is 6.65. The van der Waals surface area contributed by atoms with Crippen molar-refractivity contribution in [2.75, 3.05) is 41.7 Å². The van der Waals surface area contributed by atoms with Gasteiger partial charge in [-0.3, -0.25) is 14.8 Å². The van der Waals surface area contributed by atoms with Crippen LogP contribution in [0.1, 0.15) is 46.2 Å². The fourth-order valence-electron chi connectivity index (χ4n) is 4.03. The molecular weight excluding hydrogens is 472 g/mol. The molecule has 3 N–H and O–H groups in total. The standard InChI is InChI=1S/C26H36N8OS/c1-6-24(35)27-19-8-10-20(11-9-19)36-25-29-21(28-22-16-18(3)31-32-22)17-23(30-25)33-12-14-34(15-13-33)26(4,5)7-2/h8-11,16-17H,6-7,12-15H2,1-5H3,(H,27,35)(H2,28,29,30,31,32). The summed E-state index contributed by atoms with van der Waals surface area (Å²) in [5.41, 5.74) is 1.89. The fourth-order valence-corrected chi connectivity index (χ4v) is 4.80. The average Bonchev–Trinajstić information content (AvgIpc) is 3.29. The number of piperazine rings is 1. The van der Waals surface area contributed by atoms with Crippen LogP contribution in [0.2, 0.25) is 0 Å². The summed E-state index contributed by atoms with van der Waals surface area (Å²) in [4.78, 5) is 27.2. The molecule has 1 saturated heterocycles. The van der Waals surface area contributed by atoms with Crippen LogP contribution in [0.4, 0.5) is 23.1 Å². The summed E-state index contributed by atoms with van der Waals surface area (Å²) in [7, 11) is 0. The zero-order valence-electron chi connectivity index (χ0n) is 21.8. The van der Waals surface area contributed by atoms with Gasteiger partial charge in [-0.25, -0.2) is 9.97 Å². The van der Waals surface area contributed by atoms with Crippen LogP contribution in [0.15, 0.2) is 46.5 Å². The van der Waals surface area contributed by atoms with E-state index in [4.69, 9.17) is 9.97 Å². The third-order valence-corrected chi connectivity index (χ3v) is 7.53. The Labute approximate surface area is 217 Å². The Hall–Kier alpha value is -3.11. The molecule has 9 nitrogen and oxygen atoms in total. The molecule has 3 aromatic rings. The molecule has 1 aliphatic heterocycles. The maximum Gasteiger partial charge on any atom is 0.224 e. The van der Waals surface area contributed by atoms with Crippen molar-refractivity contribution in [2.45, 2.75) is 63.1 Å². The van der Waals surface area contributed by atoms with E-state index in [1.54, 1.807) is 0 Å². The number of nitrogens with one attached hydrogen (secondary N) is 3. The summed E-state index contributed by atoms with van der Waals surface area (Å²) in [6.07, 6.45) is 1.58. The number of aromatic amines is 1. The smallest absolute Gasteiger partial charge is 0.224 e. The molecule has 10 heteroatoms. The number of carbonyl (C=O) groups is 1. The van der Waals surface area contributed by atoms with E-state index in [0.29, 0.717) is 17.4 Å². The third kappa shape index (κ3) is 6.55. The van der Waals surface area contributed by atoms with E-state index in [9.17, 15) is 4.79 Å². The Morgan fingerprint density at radius 2 is 1.81 bits per heavy atom. The molecule has 0 saturated carbocycles. The van der Waals surface area contributed by atoms with Gasteiger partial charge < -0.3 is 15.5 Å². The maximum absolute atomic E-state index is 11.7. The lowest BCUT2D eigenvalue weighted by atomic mass is 9.98. The number of aryl methyl sites for hydroxylation is 1. The lowest BCUT2D eigenvalue weighted by Crippen LogP contribution is -2.54. The van der Waals surface area contributed by atoms with Gasteiger partial charge in [0.2, 0.25) is 5.91 Å². The van der Waals surface area contributed by atoms with Crippen LogP contribution < -0.4 is 15.5 Å². The van der Waals surface area contributed by atoms with Crippen molar-refractivity contribution < 1.29 is 4.79 Å². The summed E-state index contributed by atoms with van der Waals surface area (Å²) < 4.78 is 0. The molecule has 36 heavy (non-hydrogen) atoms. The number of carbonyl (C=O) groups excluding carboxylic acids is 1. The second-order valence-electron chi connectivity index (χ2n) is 9.61. The molecule has 3 heterocycles. The quantitative estimate of drug-likeness (QED) is 0.345. The minimum atomic E-state index is -0.00128. The molecule has 1 aromatic carbocycles. The van der Waals surface area contributed by atoms with Gasteiger partial charge in [0.1, 0.15) is 17.5 Å². The first-order chi connectivity index (χ1) is 17.3. The van der Waals surface area contributed by atoms with Gasteiger partial charge in [0, 0.05) is 60.9 Å². The van der Waals surface area contributed by atoms with Crippen LogP contribution in [0.3, 0.4) is 0 Å². The minimum Gasteiger partial charge on any atom is -0.354 e. The highest BCUT2D eigenvalue weighted by atomic mass is 32.2. The van der Waals surface area contributed by atoms with Gasteiger partial charge in [0.05, 0.1) is 5.69 Å². The largest absolute Gasteiger partial charge is 0.354 e. The van der Waals surface area contributed by atoms with Crippen LogP contribution >= 0.6 is 11.8 Å². The number of anilines is 4. The molecule has 2 aromatic heterocycles.